The zero-order valence-electron chi connectivity index (χ0n) is 12.2. The Balaban J connectivity index is 2.25. The summed E-state index contributed by atoms with van der Waals surface area (Å²) in [7, 11) is 0. The molecule has 0 aromatic rings. The van der Waals surface area contributed by atoms with Crippen LogP contribution in [0.2, 0.25) is 0 Å². The summed E-state index contributed by atoms with van der Waals surface area (Å²) in [6.45, 7) is 8.00. The number of hydrogen-bond acceptors (Lipinski definition) is 2. The van der Waals surface area contributed by atoms with E-state index in [0.717, 1.165) is 25.9 Å². The molecular formula is C14H26N2O3. The van der Waals surface area contributed by atoms with Crippen molar-refractivity contribution < 1.29 is 14.7 Å². The molecule has 0 radical (unpaired) electrons. The fraction of sp³-hybridized carbons (Fsp3) is 0.857. The molecule has 1 unspecified atom stereocenters. The number of rotatable bonds is 5. The lowest BCUT2D eigenvalue weighted by Gasteiger charge is -2.37. The third kappa shape index (κ3) is 5.94. The first-order valence-electron chi connectivity index (χ1n) is 7.07. The summed E-state index contributed by atoms with van der Waals surface area (Å²) < 4.78 is 0. The summed E-state index contributed by atoms with van der Waals surface area (Å²) in [6.07, 6.45) is 3.54. The maximum Gasteiger partial charge on any atom is 0.317 e. The van der Waals surface area contributed by atoms with Crippen molar-refractivity contribution in [2.45, 2.75) is 58.9 Å². The van der Waals surface area contributed by atoms with E-state index in [2.05, 4.69) is 19.2 Å². The number of aliphatic carboxylic acids is 1. The van der Waals surface area contributed by atoms with Crippen molar-refractivity contribution in [3.63, 3.8) is 0 Å². The summed E-state index contributed by atoms with van der Waals surface area (Å²) in [5, 5.41) is 11.5. The smallest absolute Gasteiger partial charge is 0.317 e. The van der Waals surface area contributed by atoms with Crippen molar-refractivity contribution in [3.05, 3.63) is 0 Å². The molecule has 0 bridgehead atoms. The van der Waals surface area contributed by atoms with Crippen molar-refractivity contribution >= 4 is 12.0 Å². The van der Waals surface area contributed by atoms with Gasteiger partial charge in [-0.25, -0.2) is 4.79 Å². The van der Waals surface area contributed by atoms with Crippen molar-refractivity contribution in [2.75, 3.05) is 13.1 Å². The SMILES string of the molecule is CC(CCCC(=O)O)NC(=O)N1CCC(C)(C)CC1. The van der Waals surface area contributed by atoms with Crippen LogP contribution in [0.3, 0.4) is 0 Å². The van der Waals surface area contributed by atoms with Gasteiger partial charge in [0.05, 0.1) is 0 Å². The van der Waals surface area contributed by atoms with Crippen LogP contribution in [-0.2, 0) is 4.79 Å². The number of amides is 2. The number of likely N-dealkylation sites (tertiary alicyclic amines) is 1. The largest absolute Gasteiger partial charge is 0.481 e. The van der Waals surface area contributed by atoms with Crippen LogP contribution in [0.4, 0.5) is 4.79 Å². The van der Waals surface area contributed by atoms with Gasteiger partial charge in [0.2, 0.25) is 0 Å². The average Bonchev–Trinajstić information content (AvgIpc) is 2.27. The Hall–Kier alpha value is -1.26. The Morgan fingerprint density at radius 3 is 2.42 bits per heavy atom. The number of piperidine rings is 1. The molecule has 110 valence electrons. The minimum atomic E-state index is -0.781. The van der Waals surface area contributed by atoms with E-state index >= 15 is 0 Å². The van der Waals surface area contributed by atoms with Gasteiger partial charge >= 0.3 is 12.0 Å². The van der Waals surface area contributed by atoms with Gasteiger partial charge in [-0.2, -0.15) is 0 Å². The number of urea groups is 1. The second-order valence-corrected chi connectivity index (χ2v) is 6.29. The fourth-order valence-electron chi connectivity index (χ4n) is 2.25. The Morgan fingerprint density at radius 1 is 1.32 bits per heavy atom. The molecule has 0 aromatic heterocycles. The Bertz CT molecular complexity index is 319. The van der Waals surface area contributed by atoms with Gasteiger partial charge in [0.15, 0.2) is 0 Å². The quantitative estimate of drug-likeness (QED) is 0.806. The van der Waals surface area contributed by atoms with Crippen molar-refractivity contribution in [3.8, 4) is 0 Å². The molecule has 0 aromatic carbocycles. The molecule has 5 heteroatoms. The van der Waals surface area contributed by atoms with Crippen LogP contribution in [0.1, 0.15) is 52.9 Å². The number of carbonyl (C=O) groups excluding carboxylic acids is 1. The van der Waals surface area contributed by atoms with E-state index in [0.29, 0.717) is 18.3 Å². The molecular weight excluding hydrogens is 244 g/mol. The van der Waals surface area contributed by atoms with Gasteiger partial charge in [0, 0.05) is 25.6 Å². The molecule has 2 amide bonds. The van der Waals surface area contributed by atoms with Gasteiger partial charge < -0.3 is 15.3 Å². The molecule has 0 spiro atoms. The highest BCUT2D eigenvalue weighted by atomic mass is 16.4. The Labute approximate surface area is 115 Å². The summed E-state index contributed by atoms with van der Waals surface area (Å²) in [6, 6.07) is 0.0140. The molecule has 1 aliphatic heterocycles. The van der Waals surface area contributed by atoms with Gasteiger partial charge in [-0.3, -0.25) is 4.79 Å². The highest BCUT2D eigenvalue weighted by Gasteiger charge is 2.28. The van der Waals surface area contributed by atoms with Crippen LogP contribution in [0, 0.1) is 5.41 Å². The van der Waals surface area contributed by atoms with E-state index in [-0.39, 0.29) is 18.5 Å². The monoisotopic (exact) mass is 270 g/mol. The minimum Gasteiger partial charge on any atom is -0.481 e. The lowest BCUT2D eigenvalue weighted by molar-refractivity contribution is -0.137. The van der Waals surface area contributed by atoms with Crippen LogP contribution < -0.4 is 5.32 Å². The lowest BCUT2D eigenvalue weighted by Crippen LogP contribution is -2.48. The summed E-state index contributed by atoms with van der Waals surface area (Å²) >= 11 is 0. The molecule has 1 atom stereocenters. The number of nitrogens with one attached hydrogen (secondary N) is 1. The second-order valence-electron chi connectivity index (χ2n) is 6.29. The maximum absolute atomic E-state index is 12.0. The Kier molecular flexibility index (Phi) is 5.63. The van der Waals surface area contributed by atoms with Crippen LogP contribution in [0.5, 0.6) is 0 Å². The second kappa shape index (κ2) is 6.78. The van der Waals surface area contributed by atoms with Gasteiger partial charge in [-0.05, 0) is 38.0 Å². The van der Waals surface area contributed by atoms with Crippen LogP contribution in [0.25, 0.3) is 0 Å². The third-order valence-electron chi connectivity index (χ3n) is 3.80. The maximum atomic E-state index is 12.0. The first-order valence-corrected chi connectivity index (χ1v) is 7.07. The Morgan fingerprint density at radius 2 is 1.89 bits per heavy atom. The highest BCUT2D eigenvalue weighted by molar-refractivity contribution is 5.74. The molecule has 2 N–H and O–H groups in total. The molecule has 0 saturated carbocycles. The molecule has 1 saturated heterocycles. The normalized spacial score (nSPS) is 19.8. The highest BCUT2D eigenvalue weighted by Crippen LogP contribution is 2.29. The van der Waals surface area contributed by atoms with E-state index in [1.807, 2.05) is 11.8 Å². The topological polar surface area (TPSA) is 69.6 Å². The van der Waals surface area contributed by atoms with Gasteiger partial charge in [0.1, 0.15) is 0 Å². The van der Waals surface area contributed by atoms with Gasteiger partial charge in [0.25, 0.3) is 0 Å². The van der Waals surface area contributed by atoms with Crippen LogP contribution in [0.15, 0.2) is 0 Å². The van der Waals surface area contributed by atoms with Crippen molar-refractivity contribution in [2.24, 2.45) is 5.41 Å². The number of carbonyl (C=O) groups is 2. The molecule has 1 heterocycles. The number of carboxylic acids is 1. The van der Waals surface area contributed by atoms with E-state index < -0.39 is 5.97 Å². The minimum absolute atomic E-state index is 0.0154. The number of carboxylic acid groups (broad SMARTS) is 1. The lowest BCUT2D eigenvalue weighted by atomic mass is 9.83. The zero-order valence-corrected chi connectivity index (χ0v) is 12.2. The number of nitrogens with zero attached hydrogens (tertiary/aromatic N) is 1. The first-order chi connectivity index (χ1) is 8.80. The van der Waals surface area contributed by atoms with Crippen LogP contribution in [-0.4, -0.2) is 41.1 Å². The van der Waals surface area contributed by atoms with Crippen molar-refractivity contribution in [1.29, 1.82) is 0 Å². The van der Waals surface area contributed by atoms with E-state index in [1.54, 1.807) is 0 Å². The third-order valence-corrected chi connectivity index (χ3v) is 3.80. The summed E-state index contributed by atoms with van der Waals surface area (Å²) in [4.78, 5) is 24.3. The molecule has 5 nitrogen and oxygen atoms in total. The van der Waals surface area contributed by atoms with E-state index in [4.69, 9.17) is 5.11 Å². The molecule has 1 rings (SSSR count). The van der Waals surface area contributed by atoms with E-state index in [1.165, 1.54) is 0 Å². The van der Waals surface area contributed by atoms with E-state index in [9.17, 15) is 9.59 Å². The van der Waals surface area contributed by atoms with Crippen molar-refractivity contribution in [1.82, 2.24) is 10.2 Å². The predicted molar refractivity (Wildman–Crippen MR) is 74.1 cm³/mol. The van der Waals surface area contributed by atoms with Gasteiger partial charge in [-0.1, -0.05) is 13.8 Å². The summed E-state index contributed by atoms with van der Waals surface area (Å²) in [5.74, 6) is -0.781. The number of hydrogen-bond donors (Lipinski definition) is 2. The molecule has 1 fully saturated rings. The van der Waals surface area contributed by atoms with Gasteiger partial charge in [-0.15, -0.1) is 0 Å². The zero-order chi connectivity index (χ0) is 14.5. The summed E-state index contributed by atoms with van der Waals surface area (Å²) in [5.41, 5.74) is 0.337. The standard InChI is InChI=1S/C14H26N2O3/c1-11(5-4-6-12(17)18)15-13(19)16-9-7-14(2,3)8-10-16/h11H,4-10H2,1-3H3,(H,15,19)(H,17,18). The van der Waals surface area contributed by atoms with Crippen LogP contribution >= 0.6 is 0 Å². The molecule has 1 aliphatic rings. The molecule has 19 heavy (non-hydrogen) atoms. The molecule has 0 aliphatic carbocycles. The average molecular weight is 270 g/mol. The predicted octanol–water partition coefficient (Wildman–Crippen LogP) is 2.46. The fourth-order valence-corrected chi connectivity index (χ4v) is 2.25. The first kappa shape index (κ1) is 15.8.